The number of hydrogen-bond donors (Lipinski definition) is 0. The minimum absolute atomic E-state index is 0.329. The molecule has 3 heterocycles. The van der Waals surface area contributed by atoms with Gasteiger partial charge in [-0.25, -0.2) is 0 Å². The van der Waals surface area contributed by atoms with E-state index in [1.54, 1.807) is 6.20 Å². The first kappa shape index (κ1) is 18.2. The van der Waals surface area contributed by atoms with Crippen LogP contribution in [0.5, 0.6) is 0 Å². The molecule has 5 nitrogen and oxygen atoms in total. The van der Waals surface area contributed by atoms with Gasteiger partial charge in [-0.1, -0.05) is 18.2 Å². The maximum absolute atomic E-state index is 9.59. The number of hydrogen-bond acceptors (Lipinski definition) is 5. The molecule has 1 aromatic heterocycles. The van der Waals surface area contributed by atoms with Crippen molar-refractivity contribution in [1.29, 1.82) is 5.26 Å². The van der Waals surface area contributed by atoms with E-state index >= 15 is 0 Å². The number of fused-ring (bicyclic) bond motifs is 1. The van der Waals surface area contributed by atoms with Crippen LogP contribution in [-0.4, -0.2) is 54.8 Å². The van der Waals surface area contributed by atoms with Crippen molar-refractivity contribution in [3.8, 4) is 6.07 Å². The van der Waals surface area contributed by atoms with Gasteiger partial charge in [-0.2, -0.15) is 5.26 Å². The molecule has 0 radical (unpaired) electrons. The molecule has 27 heavy (non-hydrogen) atoms. The van der Waals surface area contributed by atoms with Crippen LogP contribution in [0.25, 0.3) is 10.9 Å². The highest BCUT2D eigenvalue weighted by atomic mass is 16.5. The lowest BCUT2D eigenvalue weighted by Crippen LogP contribution is -2.48. The van der Waals surface area contributed by atoms with Crippen molar-refractivity contribution in [2.45, 2.75) is 38.9 Å². The lowest BCUT2D eigenvalue weighted by atomic mass is 9.94. The lowest BCUT2D eigenvalue weighted by molar-refractivity contribution is -0.0720. The average molecular weight is 364 g/mol. The normalized spacial score (nSPS) is 24.9. The standard InChI is InChI=1S/C22H28N4O/c1-16-13-25(14-17(2)27-16)15-18-7-9-26(10-8-18)22-19(11-23)12-24-21-6-4-3-5-20(21)22/h3-6,12,16-18H,7-10,13-15H2,1-2H3. The Morgan fingerprint density at radius 3 is 2.56 bits per heavy atom. The second kappa shape index (κ2) is 7.84. The summed E-state index contributed by atoms with van der Waals surface area (Å²) in [5, 5.41) is 10.7. The number of benzene rings is 1. The van der Waals surface area contributed by atoms with Gasteiger partial charge < -0.3 is 9.64 Å². The molecule has 0 amide bonds. The van der Waals surface area contributed by atoms with Crippen LogP contribution in [0.15, 0.2) is 30.5 Å². The minimum atomic E-state index is 0.329. The Labute approximate surface area is 161 Å². The molecule has 142 valence electrons. The van der Waals surface area contributed by atoms with E-state index in [4.69, 9.17) is 4.74 Å². The SMILES string of the molecule is CC1CN(CC2CCN(c3c(C#N)cnc4ccccc34)CC2)CC(C)O1. The van der Waals surface area contributed by atoms with Crippen molar-refractivity contribution < 1.29 is 4.74 Å². The Morgan fingerprint density at radius 1 is 1.15 bits per heavy atom. The summed E-state index contributed by atoms with van der Waals surface area (Å²) in [6, 6.07) is 10.5. The van der Waals surface area contributed by atoms with Crippen molar-refractivity contribution in [2.24, 2.45) is 5.92 Å². The van der Waals surface area contributed by atoms with Crippen LogP contribution in [0.1, 0.15) is 32.3 Å². The molecule has 2 saturated heterocycles. The number of pyridine rings is 1. The number of nitriles is 1. The molecule has 2 unspecified atom stereocenters. The number of anilines is 1. The first-order chi connectivity index (χ1) is 13.1. The van der Waals surface area contributed by atoms with Crippen molar-refractivity contribution >= 4 is 16.6 Å². The van der Waals surface area contributed by atoms with Gasteiger partial charge in [0.2, 0.25) is 0 Å². The van der Waals surface area contributed by atoms with Crippen LogP contribution in [0.2, 0.25) is 0 Å². The predicted octanol–water partition coefficient (Wildman–Crippen LogP) is 3.43. The molecule has 0 aliphatic carbocycles. The Bertz CT molecular complexity index is 828. The summed E-state index contributed by atoms with van der Waals surface area (Å²) in [5.74, 6) is 0.720. The summed E-state index contributed by atoms with van der Waals surface area (Å²) in [6.07, 6.45) is 4.72. The van der Waals surface area contributed by atoms with Gasteiger partial charge >= 0.3 is 0 Å². The van der Waals surface area contributed by atoms with Gasteiger partial charge in [0, 0.05) is 44.3 Å². The molecule has 2 aliphatic heterocycles. The maximum atomic E-state index is 9.59. The number of aromatic nitrogens is 1. The number of nitrogens with zero attached hydrogens (tertiary/aromatic N) is 4. The number of piperidine rings is 1. The van der Waals surface area contributed by atoms with Crippen LogP contribution in [0.4, 0.5) is 5.69 Å². The quantitative estimate of drug-likeness (QED) is 0.835. The number of morpholine rings is 1. The number of para-hydroxylation sites is 1. The molecule has 5 heteroatoms. The fourth-order valence-corrected chi connectivity index (χ4v) is 4.69. The third kappa shape index (κ3) is 3.92. The Kier molecular flexibility index (Phi) is 5.29. The van der Waals surface area contributed by atoms with Crippen LogP contribution in [0, 0.1) is 17.2 Å². The monoisotopic (exact) mass is 364 g/mol. The molecule has 2 atom stereocenters. The summed E-state index contributed by atoms with van der Waals surface area (Å²) >= 11 is 0. The summed E-state index contributed by atoms with van der Waals surface area (Å²) in [4.78, 5) is 9.41. The molecule has 1 aromatic carbocycles. The summed E-state index contributed by atoms with van der Waals surface area (Å²) in [7, 11) is 0. The molecule has 2 aromatic rings. The van der Waals surface area contributed by atoms with E-state index in [9.17, 15) is 5.26 Å². The van der Waals surface area contributed by atoms with Gasteiger partial charge in [0.1, 0.15) is 6.07 Å². The van der Waals surface area contributed by atoms with Crippen LogP contribution < -0.4 is 4.90 Å². The van der Waals surface area contributed by atoms with Gasteiger partial charge in [0.05, 0.1) is 29.0 Å². The summed E-state index contributed by atoms with van der Waals surface area (Å²) in [6.45, 7) is 9.59. The largest absolute Gasteiger partial charge is 0.373 e. The molecule has 2 fully saturated rings. The molecule has 4 rings (SSSR count). The van der Waals surface area contributed by atoms with Crippen LogP contribution >= 0.6 is 0 Å². The lowest BCUT2D eigenvalue weighted by Gasteiger charge is -2.40. The average Bonchev–Trinajstić information content (AvgIpc) is 2.67. The second-order valence-electron chi connectivity index (χ2n) is 8.06. The first-order valence-corrected chi connectivity index (χ1v) is 10.0. The van der Waals surface area contributed by atoms with Gasteiger partial charge in [-0.05, 0) is 38.7 Å². The van der Waals surface area contributed by atoms with Crippen LogP contribution in [-0.2, 0) is 4.74 Å². The summed E-state index contributed by atoms with van der Waals surface area (Å²) < 4.78 is 5.86. The van der Waals surface area contributed by atoms with E-state index in [0.717, 1.165) is 55.2 Å². The third-order valence-corrected chi connectivity index (χ3v) is 5.81. The fourth-order valence-electron chi connectivity index (χ4n) is 4.69. The van der Waals surface area contributed by atoms with Crippen LogP contribution in [0.3, 0.4) is 0 Å². The van der Waals surface area contributed by atoms with Gasteiger partial charge in [0.15, 0.2) is 0 Å². The Morgan fingerprint density at radius 2 is 1.85 bits per heavy atom. The molecular formula is C22H28N4O. The molecule has 0 spiro atoms. The molecule has 0 saturated carbocycles. The van der Waals surface area contributed by atoms with Gasteiger partial charge in [0.25, 0.3) is 0 Å². The van der Waals surface area contributed by atoms with Gasteiger partial charge in [-0.3, -0.25) is 9.88 Å². The highest BCUT2D eigenvalue weighted by Crippen LogP contribution is 2.32. The second-order valence-corrected chi connectivity index (χ2v) is 8.06. The number of rotatable bonds is 3. The summed E-state index contributed by atoms with van der Waals surface area (Å²) in [5.41, 5.74) is 2.71. The first-order valence-electron chi connectivity index (χ1n) is 10.0. The Balaban J connectivity index is 1.45. The van der Waals surface area contributed by atoms with E-state index in [0.29, 0.717) is 17.8 Å². The smallest absolute Gasteiger partial charge is 0.103 e. The van der Waals surface area contributed by atoms with E-state index < -0.39 is 0 Å². The van der Waals surface area contributed by atoms with Crippen molar-refractivity contribution in [1.82, 2.24) is 9.88 Å². The van der Waals surface area contributed by atoms with E-state index in [1.807, 2.05) is 18.2 Å². The van der Waals surface area contributed by atoms with E-state index in [2.05, 4.69) is 40.8 Å². The highest BCUT2D eigenvalue weighted by molar-refractivity contribution is 5.94. The van der Waals surface area contributed by atoms with Crippen molar-refractivity contribution in [3.05, 3.63) is 36.0 Å². The van der Waals surface area contributed by atoms with E-state index in [-0.39, 0.29) is 0 Å². The minimum Gasteiger partial charge on any atom is -0.373 e. The predicted molar refractivity (Wildman–Crippen MR) is 108 cm³/mol. The Hall–Kier alpha value is -2.16. The zero-order chi connectivity index (χ0) is 18.8. The van der Waals surface area contributed by atoms with Gasteiger partial charge in [-0.15, -0.1) is 0 Å². The highest BCUT2D eigenvalue weighted by Gasteiger charge is 2.27. The number of ether oxygens (including phenoxy) is 1. The zero-order valence-electron chi connectivity index (χ0n) is 16.3. The molecule has 0 N–H and O–H groups in total. The van der Waals surface area contributed by atoms with Crippen molar-refractivity contribution in [2.75, 3.05) is 37.6 Å². The molecular weight excluding hydrogens is 336 g/mol. The molecule has 0 bridgehead atoms. The third-order valence-electron chi connectivity index (χ3n) is 5.81. The maximum Gasteiger partial charge on any atom is 0.103 e. The molecule has 2 aliphatic rings. The zero-order valence-corrected chi connectivity index (χ0v) is 16.3. The van der Waals surface area contributed by atoms with Crippen molar-refractivity contribution in [3.63, 3.8) is 0 Å². The van der Waals surface area contributed by atoms with E-state index in [1.165, 1.54) is 12.8 Å². The topological polar surface area (TPSA) is 52.4 Å². The fraction of sp³-hybridized carbons (Fsp3) is 0.545.